The van der Waals surface area contributed by atoms with Crippen LogP contribution < -0.4 is 0 Å². The highest BCUT2D eigenvalue weighted by molar-refractivity contribution is 5.94. The van der Waals surface area contributed by atoms with E-state index < -0.39 is 0 Å². The van der Waals surface area contributed by atoms with Crippen LogP contribution >= 0.6 is 0 Å². The standard InChI is InChI=1S/C16H19N3O2/c1-12-17-15(21-18-12)13-6-8-14(9-7-13)16(20)19-10-4-2-3-5-11-19/h6-9H,2-5,10-11H2,1H3. The molecule has 5 heteroatoms. The molecule has 1 saturated heterocycles. The van der Waals surface area contributed by atoms with Crippen LogP contribution in [0.15, 0.2) is 28.8 Å². The summed E-state index contributed by atoms with van der Waals surface area (Å²) in [6.45, 7) is 3.51. The predicted octanol–water partition coefficient (Wildman–Crippen LogP) is 3.06. The summed E-state index contributed by atoms with van der Waals surface area (Å²) < 4.78 is 5.13. The SMILES string of the molecule is Cc1noc(-c2ccc(C(=O)N3CCCCCC3)cc2)n1. The molecule has 5 nitrogen and oxygen atoms in total. The minimum absolute atomic E-state index is 0.116. The molecule has 1 aromatic carbocycles. The summed E-state index contributed by atoms with van der Waals surface area (Å²) in [5.74, 6) is 1.21. The van der Waals surface area contributed by atoms with Gasteiger partial charge in [-0.1, -0.05) is 18.0 Å². The van der Waals surface area contributed by atoms with E-state index in [9.17, 15) is 4.79 Å². The third-order valence-corrected chi connectivity index (χ3v) is 3.80. The second-order valence-electron chi connectivity index (χ2n) is 5.43. The van der Waals surface area contributed by atoms with Crippen molar-refractivity contribution in [3.8, 4) is 11.5 Å². The van der Waals surface area contributed by atoms with Crippen molar-refractivity contribution in [2.75, 3.05) is 13.1 Å². The zero-order chi connectivity index (χ0) is 14.7. The van der Waals surface area contributed by atoms with Crippen LogP contribution in [0.4, 0.5) is 0 Å². The van der Waals surface area contributed by atoms with Gasteiger partial charge >= 0.3 is 0 Å². The van der Waals surface area contributed by atoms with E-state index in [-0.39, 0.29) is 5.91 Å². The number of aromatic nitrogens is 2. The van der Waals surface area contributed by atoms with Crippen LogP contribution in [0.1, 0.15) is 41.9 Å². The summed E-state index contributed by atoms with van der Waals surface area (Å²) in [6, 6.07) is 7.39. The first-order valence-corrected chi connectivity index (χ1v) is 7.44. The molecule has 1 amide bonds. The van der Waals surface area contributed by atoms with Crippen LogP contribution in [-0.2, 0) is 0 Å². The van der Waals surface area contributed by atoms with E-state index in [1.807, 2.05) is 29.2 Å². The highest BCUT2D eigenvalue weighted by Crippen LogP contribution is 2.19. The molecule has 21 heavy (non-hydrogen) atoms. The molecule has 0 N–H and O–H groups in total. The van der Waals surface area contributed by atoms with Gasteiger partial charge in [0, 0.05) is 24.2 Å². The molecule has 1 aliphatic rings. The number of likely N-dealkylation sites (tertiary alicyclic amines) is 1. The second-order valence-corrected chi connectivity index (χ2v) is 5.43. The van der Waals surface area contributed by atoms with Crippen LogP contribution in [0.5, 0.6) is 0 Å². The Morgan fingerprint density at radius 3 is 2.33 bits per heavy atom. The summed E-state index contributed by atoms with van der Waals surface area (Å²) in [4.78, 5) is 18.6. The van der Waals surface area contributed by atoms with E-state index in [0.717, 1.165) is 37.1 Å². The minimum Gasteiger partial charge on any atom is -0.339 e. The van der Waals surface area contributed by atoms with E-state index in [1.54, 1.807) is 6.92 Å². The van der Waals surface area contributed by atoms with Gasteiger partial charge in [0.15, 0.2) is 5.82 Å². The minimum atomic E-state index is 0.116. The van der Waals surface area contributed by atoms with E-state index in [1.165, 1.54) is 12.8 Å². The van der Waals surface area contributed by atoms with Crippen molar-refractivity contribution in [2.45, 2.75) is 32.6 Å². The van der Waals surface area contributed by atoms with Crippen LogP contribution in [-0.4, -0.2) is 34.0 Å². The Morgan fingerprint density at radius 1 is 1.10 bits per heavy atom. The first-order valence-electron chi connectivity index (χ1n) is 7.44. The highest BCUT2D eigenvalue weighted by atomic mass is 16.5. The van der Waals surface area contributed by atoms with E-state index in [2.05, 4.69) is 10.1 Å². The largest absolute Gasteiger partial charge is 0.339 e. The van der Waals surface area contributed by atoms with Gasteiger partial charge in [-0.15, -0.1) is 0 Å². The number of carbonyl (C=O) groups excluding carboxylic acids is 1. The summed E-state index contributed by atoms with van der Waals surface area (Å²) in [6.07, 6.45) is 4.65. The first-order chi connectivity index (χ1) is 10.2. The Kier molecular flexibility index (Phi) is 3.99. The molecular formula is C16H19N3O2. The average Bonchev–Trinajstić information content (AvgIpc) is 2.77. The predicted molar refractivity (Wildman–Crippen MR) is 78.8 cm³/mol. The fourth-order valence-electron chi connectivity index (χ4n) is 2.63. The molecule has 0 aliphatic carbocycles. The van der Waals surface area contributed by atoms with Gasteiger partial charge in [0.25, 0.3) is 11.8 Å². The fraction of sp³-hybridized carbons (Fsp3) is 0.438. The lowest BCUT2D eigenvalue weighted by Gasteiger charge is -2.20. The number of aryl methyl sites for hydroxylation is 1. The van der Waals surface area contributed by atoms with Crippen LogP contribution in [0.2, 0.25) is 0 Å². The number of rotatable bonds is 2. The number of nitrogens with zero attached hydrogens (tertiary/aromatic N) is 3. The van der Waals surface area contributed by atoms with E-state index in [4.69, 9.17) is 4.52 Å². The normalized spacial score (nSPS) is 15.8. The van der Waals surface area contributed by atoms with Crippen molar-refractivity contribution < 1.29 is 9.32 Å². The van der Waals surface area contributed by atoms with E-state index in [0.29, 0.717) is 11.7 Å². The zero-order valence-corrected chi connectivity index (χ0v) is 12.2. The molecule has 0 unspecified atom stereocenters. The molecule has 0 spiro atoms. The quantitative estimate of drug-likeness (QED) is 0.851. The van der Waals surface area contributed by atoms with Crippen molar-refractivity contribution in [2.24, 2.45) is 0 Å². The third-order valence-electron chi connectivity index (χ3n) is 3.80. The summed E-state index contributed by atoms with van der Waals surface area (Å²) in [5.41, 5.74) is 1.56. The van der Waals surface area contributed by atoms with Gasteiger partial charge in [0.1, 0.15) is 0 Å². The fourth-order valence-corrected chi connectivity index (χ4v) is 2.63. The molecule has 1 aromatic heterocycles. The molecule has 0 bridgehead atoms. The lowest BCUT2D eigenvalue weighted by molar-refractivity contribution is 0.0761. The summed E-state index contributed by atoms with van der Waals surface area (Å²) >= 11 is 0. The third kappa shape index (κ3) is 3.12. The Morgan fingerprint density at radius 2 is 1.76 bits per heavy atom. The maximum atomic E-state index is 12.5. The molecular weight excluding hydrogens is 266 g/mol. The van der Waals surface area contributed by atoms with Crippen LogP contribution in [0, 0.1) is 6.92 Å². The van der Waals surface area contributed by atoms with E-state index >= 15 is 0 Å². The Balaban J connectivity index is 1.75. The Bertz CT molecular complexity index is 611. The number of carbonyl (C=O) groups is 1. The molecule has 2 aromatic rings. The molecule has 1 aliphatic heterocycles. The summed E-state index contributed by atoms with van der Waals surface area (Å²) in [5, 5.41) is 3.77. The molecule has 0 saturated carbocycles. The van der Waals surface area contributed by atoms with Gasteiger partial charge in [-0.3, -0.25) is 4.79 Å². The van der Waals surface area contributed by atoms with Crippen molar-refractivity contribution in [3.63, 3.8) is 0 Å². The summed E-state index contributed by atoms with van der Waals surface area (Å²) in [7, 11) is 0. The smallest absolute Gasteiger partial charge is 0.257 e. The molecule has 110 valence electrons. The Labute approximate surface area is 124 Å². The van der Waals surface area contributed by atoms with Crippen LogP contribution in [0.3, 0.4) is 0 Å². The number of amides is 1. The van der Waals surface area contributed by atoms with Gasteiger partial charge in [0.05, 0.1) is 0 Å². The van der Waals surface area contributed by atoms with Gasteiger partial charge < -0.3 is 9.42 Å². The van der Waals surface area contributed by atoms with Gasteiger partial charge in [-0.05, 0) is 44.0 Å². The Hall–Kier alpha value is -2.17. The van der Waals surface area contributed by atoms with Gasteiger partial charge in [0.2, 0.25) is 0 Å². The lowest BCUT2D eigenvalue weighted by Crippen LogP contribution is -2.31. The zero-order valence-electron chi connectivity index (χ0n) is 12.2. The maximum absolute atomic E-state index is 12.5. The van der Waals surface area contributed by atoms with Crippen molar-refractivity contribution in [1.82, 2.24) is 15.0 Å². The topological polar surface area (TPSA) is 59.2 Å². The lowest BCUT2D eigenvalue weighted by atomic mass is 10.1. The second kappa shape index (κ2) is 6.08. The first kappa shape index (κ1) is 13.8. The molecule has 0 radical (unpaired) electrons. The van der Waals surface area contributed by atoms with Gasteiger partial charge in [-0.2, -0.15) is 4.98 Å². The molecule has 0 atom stereocenters. The number of hydrogen-bond donors (Lipinski definition) is 0. The monoisotopic (exact) mass is 285 g/mol. The number of hydrogen-bond acceptors (Lipinski definition) is 4. The number of benzene rings is 1. The van der Waals surface area contributed by atoms with Crippen molar-refractivity contribution in [3.05, 3.63) is 35.7 Å². The van der Waals surface area contributed by atoms with Gasteiger partial charge in [-0.25, -0.2) is 0 Å². The van der Waals surface area contributed by atoms with Crippen LogP contribution in [0.25, 0.3) is 11.5 Å². The maximum Gasteiger partial charge on any atom is 0.257 e. The molecule has 1 fully saturated rings. The molecule has 2 heterocycles. The van der Waals surface area contributed by atoms with Crippen molar-refractivity contribution in [1.29, 1.82) is 0 Å². The van der Waals surface area contributed by atoms with Crippen molar-refractivity contribution >= 4 is 5.91 Å². The molecule has 3 rings (SSSR count). The highest BCUT2D eigenvalue weighted by Gasteiger charge is 2.17. The average molecular weight is 285 g/mol.